The van der Waals surface area contributed by atoms with Crippen molar-refractivity contribution in [2.24, 2.45) is 17.3 Å². The summed E-state index contributed by atoms with van der Waals surface area (Å²) in [7, 11) is 1.38. The number of ether oxygens (including phenoxy) is 2. The van der Waals surface area contributed by atoms with Crippen LogP contribution in [0.5, 0.6) is 5.75 Å². The zero-order chi connectivity index (χ0) is 25.9. The Morgan fingerprint density at radius 1 is 1.17 bits per heavy atom. The Bertz CT molecular complexity index is 1130. The van der Waals surface area contributed by atoms with Crippen molar-refractivity contribution in [2.75, 3.05) is 12.0 Å². The molecule has 0 aromatic carbocycles. The highest BCUT2D eigenvalue weighted by molar-refractivity contribution is 7.15. The fourth-order valence-electron chi connectivity index (χ4n) is 4.76. The summed E-state index contributed by atoms with van der Waals surface area (Å²) >= 11 is 1.30. The highest BCUT2D eigenvalue weighted by Crippen LogP contribution is 2.41. The van der Waals surface area contributed by atoms with Crippen LogP contribution in [0.3, 0.4) is 0 Å². The number of rotatable bonds is 6. The molecular formula is C29H36N2O4S. The van der Waals surface area contributed by atoms with Crippen molar-refractivity contribution in [1.82, 2.24) is 4.98 Å². The van der Waals surface area contributed by atoms with E-state index < -0.39 is 5.97 Å². The fourth-order valence-corrected chi connectivity index (χ4v) is 5.68. The van der Waals surface area contributed by atoms with Gasteiger partial charge in [0.1, 0.15) is 16.7 Å². The average molecular weight is 509 g/mol. The Hall–Kier alpha value is -2.85. The third-order valence-corrected chi connectivity index (χ3v) is 7.90. The third-order valence-electron chi connectivity index (χ3n) is 6.88. The predicted octanol–water partition coefficient (Wildman–Crippen LogP) is 6.10. The molecule has 0 spiro atoms. The van der Waals surface area contributed by atoms with Crippen molar-refractivity contribution < 1.29 is 19.1 Å². The van der Waals surface area contributed by atoms with E-state index >= 15 is 0 Å². The van der Waals surface area contributed by atoms with E-state index in [1.54, 1.807) is 12.4 Å². The maximum Gasteiger partial charge on any atom is 0.350 e. The fraction of sp³-hybridized carbons (Fsp3) is 0.552. The maximum atomic E-state index is 14.0. The van der Waals surface area contributed by atoms with Crippen LogP contribution in [0.15, 0.2) is 30.6 Å². The number of methoxy groups -OCH3 is 1. The van der Waals surface area contributed by atoms with Crippen molar-refractivity contribution in [3.63, 3.8) is 0 Å². The van der Waals surface area contributed by atoms with Gasteiger partial charge in [-0.25, -0.2) is 4.79 Å². The van der Waals surface area contributed by atoms with Gasteiger partial charge in [-0.1, -0.05) is 18.8 Å². The third kappa shape index (κ3) is 6.28. The molecule has 2 aromatic heterocycles. The molecule has 2 fully saturated rings. The summed E-state index contributed by atoms with van der Waals surface area (Å²) in [6, 6.07) is 5.59. The van der Waals surface area contributed by atoms with Crippen molar-refractivity contribution in [1.29, 1.82) is 0 Å². The molecule has 0 unspecified atom stereocenters. The second kappa shape index (κ2) is 11.0. The number of carbonyl (C=O) groups is 2. The highest BCUT2D eigenvalue weighted by Gasteiger charge is 2.42. The standard InChI is InChI=1S/C29H36N2O4S/c1-19-8-10-20(11-9-19)27(32)31(21-15-23(16-21)35-22-7-6-14-30-18-22)25-17-24(12-13-29(2,3)4)36-26(25)28(33)34-5/h6-7,14,17-21,23H,8-11,15-16H2,1-5H3/t19-,20-,21-,23+. The van der Waals surface area contributed by atoms with E-state index in [9.17, 15) is 9.59 Å². The SMILES string of the molecule is COC(=O)c1sc(C#CC(C)(C)C)cc1N(C(=O)[C@H]1CC[C@H](C)CC1)[C@H]1C[C@@H](Oc2cccnc2)C1. The highest BCUT2D eigenvalue weighted by atomic mass is 32.1. The first-order chi connectivity index (χ1) is 17.1. The number of hydrogen-bond acceptors (Lipinski definition) is 6. The summed E-state index contributed by atoms with van der Waals surface area (Å²) < 4.78 is 11.2. The van der Waals surface area contributed by atoms with Crippen molar-refractivity contribution in [3.8, 4) is 17.6 Å². The first-order valence-electron chi connectivity index (χ1n) is 12.8. The number of anilines is 1. The van der Waals surface area contributed by atoms with Crippen LogP contribution in [0.4, 0.5) is 5.69 Å². The number of nitrogens with zero attached hydrogens (tertiary/aromatic N) is 2. The first-order valence-corrected chi connectivity index (χ1v) is 13.6. The summed E-state index contributed by atoms with van der Waals surface area (Å²) in [6.45, 7) is 8.39. The summed E-state index contributed by atoms with van der Waals surface area (Å²) in [5.41, 5.74) is 0.452. The van der Waals surface area contributed by atoms with Gasteiger partial charge in [-0.05, 0) is 70.6 Å². The quantitative estimate of drug-likeness (QED) is 0.349. The molecule has 192 valence electrons. The van der Waals surface area contributed by atoms with E-state index in [1.165, 1.54) is 18.4 Å². The Kier molecular flexibility index (Phi) is 8.04. The minimum absolute atomic E-state index is 0.00115. The molecule has 2 aliphatic carbocycles. The molecule has 2 heterocycles. The lowest BCUT2D eigenvalue weighted by atomic mass is 9.80. The lowest BCUT2D eigenvalue weighted by Crippen LogP contribution is -2.54. The molecule has 7 heteroatoms. The average Bonchev–Trinajstić information content (AvgIpc) is 3.25. The minimum Gasteiger partial charge on any atom is -0.489 e. The lowest BCUT2D eigenvalue weighted by molar-refractivity contribution is -0.124. The molecule has 36 heavy (non-hydrogen) atoms. The molecule has 2 aliphatic rings. The van der Waals surface area contributed by atoms with Crippen molar-refractivity contribution in [3.05, 3.63) is 40.3 Å². The molecule has 0 N–H and O–H groups in total. The number of thiophene rings is 1. The van der Waals surface area contributed by atoms with Gasteiger partial charge in [0.05, 0.1) is 23.9 Å². The molecule has 0 bridgehead atoms. The van der Waals surface area contributed by atoms with Crippen LogP contribution in [0.1, 0.15) is 80.8 Å². The zero-order valence-corrected chi connectivity index (χ0v) is 22.7. The van der Waals surface area contributed by atoms with Crippen LogP contribution in [0.2, 0.25) is 0 Å². The molecule has 0 radical (unpaired) electrons. The summed E-state index contributed by atoms with van der Waals surface area (Å²) in [5.74, 6) is 7.46. The molecule has 4 rings (SSSR count). The van der Waals surface area contributed by atoms with E-state index in [2.05, 4.69) is 23.7 Å². The molecule has 2 aromatic rings. The van der Waals surface area contributed by atoms with Crippen LogP contribution in [-0.2, 0) is 9.53 Å². The van der Waals surface area contributed by atoms with E-state index in [1.807, 2.05) is 43.9 Å². The zero-order valence-electron chi connectivity index (χ0n) is 21.9. The number of esters is 1. The van der Waals surface area contributed by atoms with Crippen LogP contribution < -0.4 is 9.64 Å². The largest absolute Gasteiger partial charge is 0.489 e. The topological polar surface area (TPSA) is 68.7 Å². The van der Waals surface area contributed by atoms with Crippen molar-refractivity contribution >= 4 is 28.9 Å². The molecule has 0 aliphatic heterocycles. The number of amides is 1. The van der Waals surface area contributed by atoms with Gasteiger partial charge in [-0.3, -0.25) is 9.78 Å². The second-order valence-corrected chi connectivity index (χ2v) is 12.1. The maximum absolute atomic E-state index is 14.0. The molecule has 0 atom stereocenters. The molecule has 0 saturated heterocycles. The van der Waals surface area contributed by atoms with Gasteiger partial charge in [-0.2, -0.15) is 0 Å². The van der Waals surface area contributed by atoms with Gasteiger partial charge in [-0.15, -0.1) is 11.3 Å². The van der Waals surface area contributed by atoms with E-state index in [0.717, 1.165) is 36.3 Å². The number of pyridine rings is 1. The van der Waals surface area contributed by atoms with E-state index in [0.29, 0.717) is 29.3 Å². The number of aromatic nitrogens is 1. The van der Waals surface area contributed by atoms with Gasteiger partial charge >= 0.3 is 5.97 Å². The van der Waals surface area contributed by atoms with E-state index in [4.69, 9.17) is 9.47 Å². The number of carbonyl (C=O) groups excluding carboxylic acids is 2. The minimum atomic E-state index is -0.434. The van der Waals surface area contributed by atoms with Gasteiger partial charge in [0.15, 0.2) is 0 Å². The van der Waals surface area contributed by atoms with Gasteiger partial charge in [0.25, 0.3) is 0 Å². The van der Waals surface area contributed by atoms with Crippen molar-refractivity contribution in [2.45, 2.75) is 78.4 Å². The Morgan fingerprint density at radius 2 is 1.89 bits per heavy atom. The summed E-state index contributed by atoms with van der Waals surface area (Å²) in [4.78, 5) is 34.0. The summed E-state index contributed by atoms with van der Waals surface area (Å²) in [5, 5.41) is 0. The molecule has 2 saturated carbocycles. The molecule has 6 nitrogen and oxygen atoms in total. The summed E-state index contributed by atoms with van der Waals surface area (Å²) in [6.07, 6.45) is 8.68. The normalized spacial score (nSPS) is 23.6. The monoisotopic (exact) mass is 508 g/mol. The molecular weight excluding hydrogens is 472 g/mol. The Morgan fingerprint density at radius 3 is 2.50 bits per heavy atom. The van der Waals surface area contributed by atoms with Crippen LogP contribution in [-0.4, -0.2) is 36.1 Å². The van der Waals surface area contributed by atoms with Gasteiger partial charge in [0.2, 0.25) is 5.91 Å². The van der Waals surface area contributed by atoms with Gasteiger partial charge in [0, 0.05) is 36.4 Å². The predicted molar refractivity (Wildman–Crippen MR) is 142 cm³/mol. The second-order valence-electron chi connectivity index (χ2n) is 11.0. The van der Waals surface area contributed by atoms with Crippen LogP contribution in [0.25, 0.3) is 0 Å². The van der Waals surface area contributed by atoms with Gasteiger partial charge < -0.3 is 14.4 Å². The van der Waals surface area contributed by atoms with E-state index in [-0.39, 0.29) is 29.4 Å². The lowest BCUT2D eigenvalue weighted by Gasteiger charge is -2.44. The van der Waals surface area contributed by atoms with Crippen LogP contribution in [0, 0.1) is 29.1 Å². The smallest absolute Gasteiger partial charge is 0.350 e. The Balaban J connectivity index is 1.64. The number of hydrogen-bond donors (Lipinski definition) is 0. The first kappa shape index (κ1) is 26.2. The molecule has 1 amide bonds. The Labute approximate surface area is 218 Å². The van der Waals surface area contributed by atoms with Crippen LogP contribution >= 0.6 is 11.3 Å².